The lowest BCUT2D eigenvalue weighted by Crippen LogP contribution is -2.25. The molecule has 0 saturated carbocycles. The number of nitrogens with one attached hydrogen (secondary N) is 3. The number of aromatic amines is 3. The highest BCUT2D eigenvalue weighted by Crippen LogP contribution is 2.33. The number of H-pyrrole nitrogens is 3. The summed E-state index contributed by atoms with van der Waals surface area (Å²) in [5.41, 5.74) is 4.22. The molecule has 3 heterocycles. The highest BCUT2D eigenvalue weighted by molar-refractivity contribution is 5.80. The smallest absolute Gasteiger partial charge is 0.342 e. The molecule has 1 aromatic carbocycles. The van der Waals surface area contributed by atoms with E-state index in [9.17, 15) is 9.59 Å². The van der Waals surface area contributed by atoms with Crippen LogP contribution in [0, 0.1) is 13.8 Å². The minimum absolute atomic E-state index is 0.149. The molecule has 0 saturated heterocycles. The second-order valence-corrected chi connectivity index (χ2v) is 7.34. The Kier molecular flexibility index (Phi) is 4.54. The normalized spacial score (nSPS) is 11.3. The van der Waals surface area contributed by atoms with Crippen molar-refractivity contribution in [3.8, 4) is 22.9 Å². The van der Waals surface area contributed by atoms with Gasteiger partial charge >= 0.3 is 5.69 Å². The lowest BCUT2D eigenvalue weighted by atomic mass is 10.0. The van der Waals surface area contributed by atoms with Gasteiger partial charge < -0.3 is 9.72 Å². The largest absolute Gasteiger partial charge is 0.438 e. The predicted molar refractivity (Wildman–Crippen MR) is 111 cm³/mol. The standard InChI is InChI=1S/C21H21N5O3/c1-10(2)14-9-22-15-5-6-16(23-18(14)15)29-19-11(3)7-13(8-12(19)4)17-20(27)24-21(28)26-25-17/h5-10,22H,1-4H3,(H2,24,26,27,28). The predicted octanol–water partition coefficient (Wildman–Crippen LogP) is 3.53. The van der Waals surface area contributed by atoms with E-state index in [0.717, 1.165) is 27.7 Å². The van der Waals surface area contributed by atoms with E-state index in [-0.39, 0.29) is 5.69 Å². The Morgan fingerprint density at radius 1 is 1.07 bits per heavy atom. The summed E-state index contributed by atoms with van der Waals surface area (Å²) in [7, 11) is 0. The molecule has 148 valence electrons. The van der Waals surface area contributed by atoms with Crippen molar-refractivity contribution in [2.24, 2.45) is 0 Å². The monoisotopic (exact) mass is 391 g/mol. The fourth-order valence-corrected chi connectivity index (χ4v) is 3.39. The fourth-order valence-electron chi connectivity index (χ4n) is 3.39. The number of pyridine rings is 1. The van der Waals surface area contributed by atoms with E-state index in [1.165, 1.54) is 0 Å². The van der Waals surface area contributed by atoms with E-state index in [1.54, 1.807) is 12.1 Å². The van der Waals surface area contributed by atoms with E-state index < -0.39 is 11.2 Å². The number of aromatic nitrogens is 5. The molecule has 0 amide bonds. The van der Waals surface area contributed by atoms with Crippen LogP contribution in [0.25, 0.3) is 22.3 Å². The number of nitrogens with zero attached hydrogens (tertiary/aromatic N) is 2. The molecule has 8 nitrogen and oxygen atoms in total. The van der Waals surface area contributed by atoms with Crippen LogP contribution in [0.3, 0.4) is 0 Å². The highest BCUT2D eigenvalue weighted by atomic mass is 16.5. The fraction of sp³-hybridized carbons (Fsp3) is 0.238. The summed E-state index contributed by atoms with van der Waals surface area (Å²) >= 11 is 0. The SMILES string of the molecule is Cc1cc(-c2n[nH]c(=O)[nH]c2=O)cc(C)c1Oc1ccc2[nH]cc(C(C)C)c2n1. The molecule has 29 heavy (non-hydrogen) atoms. The summed E-state index contributed by atoms with van der Waals surface area (Å²) in [6, 6.07) is 7.37. The summed E-state index contributed by atoms with van der Waals surface area (Å²) in [6.45, 7) is 8.02. The van der Waals surface area contributed by atoms with Crippen LogP contribution in [-0.4, -0.2) is 25.1 Å². The van der Waals surface area contributed by atoms with E-state index >= 15 is 0 Å². The first-order chi connectivity index (χ1) is 13.8. The molecule has 0 aliphatic rings. The van der Waals surface area contributed by atoms with Gasteiger partial charge in [-0.2, -0.15) is 5.10 Å². The number of hydrogen-bond donors (Lipinski definition) is 3. The topological polar surface area (TPSA) is 117 Å². The van der Waals surface area contributed by atoms with Gasteiger partial charge in [0.15, 0.2) is 5.69 Å². The number of aryl methyl sites for hydroxylation is 2. The quantitative estimate of drug-likeness (QED) is 0.492. The Balaban J connectivity index is 1.73. The summed E-state index contributed by atoms with van der Waals surface area (Å²) in [5, 5.41) is 6.12. The molecular weight excluding hydrogens is 370 g/mol. The average molecular weight is 391 g/mol. The van der Waals surface area contributed by atoms with Crippen LogP contribution in [0.4, 0.5) is 0 Å². The Morgan fingerprint density at radius 2 is 1.79 bits per heavy atom. The lowest BCUT2D eigenvalue weighted by Gasteiger charge is -2.13. The number of rotatable bonds is 4. The lowest BCUT2D eigenvalue weighted by molar-refractivity contribution is 0.458. The van der Waals surface area contributed by atoms with Crippen LogP contribution in [0.2, 0.25) is 0 Å². The van der Waals surface area contributed by atoms with Gasteiger partial charge in [-0.05, 0) is 54.7 Å². The number of hydrogen-bond acceptors (Lipinski definition) is 5. The van der Waals surface area contributed by atoms with Crippen molar-refractivity contribution in [3.63, 3.8) is 0 Å². The van der Waals surface area contributed by atoms with Crippen LogP contribution in [-0.2, 0) is 0 Å². The number of fused-ring (bicyclic) bond motifs is 1. The minimum atomic E-state index is -0.640. The van der Waals surface area contributed by atoms with Gasteiger partial charge in [-0.25, -0.2) is 14.9 Å². The maximum atomic E-state index is 12.0. The maximum Gasteiger partial charge on any atom is 0.342 e. The Bertz CT molecular complexity index is 1310. The summed E-state index contributed by atoms with van der Waals surface area (Å²) in [5.74, 6) is 1.51. The molecule has 0 unspecified atom stereocenters. The molecule has 0 spiro atoms. The summed E-state index contributed by atoms with van der Waals surface area (Å²) in [6.07, 6.45) is 1.98. The molecule has 0 bridgehead atoms. The van der Waals surface area contributed by atoms with Gasteiger partial charge in [-0.3, -0.25) is 9.78 Å². The highest BCUT2D eigenvalue weighted by Gasteiger charge is 2.15. The summed E-state index contributed by atoms with van der Waals surface area (Å²) < 4.78 is 6.10. The van der Waals surface area contributed by atoms with Gasteiger partial charge in [0.25, 0.3) is 5.56 Å². The Hall–Kier alpha value is -3.68. The first-order valence-corrected chi connectivity index (χ1v) is 9.30. The van der Waals surface area contributed by atoms with Crippen molar-refractivity contribution in [1.82, 2.24) is 25.1 Å². The molecule has 0 radical (unpaired) electrons. The van der Waals surface area contributed by atoms with Crippen molar-refractivity contribution in [2.45, 2.75) is 33.6 Å². The molecule has 0 aliphatic carbocycles. The van der Waals surface area contributed by atoms with Gasteiger partial charge in [0.2, 0.25) is 5.88 Å². The second kappa shape index (κ2) is 7.05. The third kappa shape index (κ3) is 3.44. The molecular formula is C21H21N5O3. The van der Waals surface area contributed by atoms with E-state index in [4.69, 9.17) is 4.74 Å². The zero-order valence-electron chi connectivity index (χ0n) is 16.6. The first kappa shape index (κ1) is 18.7. The molecule has 3 aromatic heterocycles. The Labute approximate surface area is 166 Å². The Morgan fingerprint density at radius 3 is 2.45 bits per heavy atom. The minimum Gasteiger partial charge on any atom is -0.438 e. The molecule has 4 aromatic rings. The van der Waals surface area contributed by atoms with Gasteiger partial charge in [0.05, 0.1) is 11.0 Å². The average Bonchev–Trinajstić information content (AvgIpc) is 3.08. The van der Waals surface area contributed by atoms with Gasteiger partial charge in [0.1, 0.15) is 5.75 Å². The van der Waals surface area contributed by atoms with Crippen molar-refractivity contribution in [1.29, 1.82) is 0 Å². The van der Waals surface area contributed by atoms with Crippen LogP contribution in [0.15, 0.2) is 40.1 Å². The van der Waals surface area contributed by atoms with E-state index in [0.29, 0.717) is 23.1 Å². The molecule has 0 aliphatic heterocycles. The molecule has 4 rings (SSSR count). The number of benzene rings is 1. The molecule has 8 heteroatoms. The van der Waals surface area contributed by atoms with Crippen molar-refractivity contribution >= 4 is 11.0 Å². The number of ether oxygens (including phenoxy) is 1. The van der Waals surface area contributed by atoms with Crippen molar-refractivity contribution < 1.29 is 4.74 Å². The van der Waals surface area contributed by atoms with Crippen molar-refractivity contribution in [2.75, 3.05) is 0 Å². The zero-order chi connectivity index (χ0) is 20.7. The third-order valence-electron chi connectivity index (χ3n) is 4.80. The van der Waals surface area contributed by atoms with Gasteiger partial charge in [0, 0.05) is 17.8 Å². The van der Waals surface area contributed by atoms with Gasteiger partial charge in [-0.15, -0.1) is 0 Å². The zero-order valence-corrected chi connectivity index (χ0v) is 16.6. The van der Waals surface area contributed by atoms with Crippen LogP contribution in [0.1, 0.15) is 36.5 Å². The van der Waals surface area contributed by atoms with Crippen LogP contribution in [0.5, 0.6) is 11.6 Å². The molecule has 3 N–H and O–H groups in total. The van der Waals surface area contributed by atoms with Gasteiger partial charge in [-0.1, -0.05) is 13.8 Å². The van der Waals surface area contributed by atoms with Crippen LogP contribution < -0.4 is 16.0 Å². The molecule has 0 fully saturated rings. The molecule has 0 atom stereocenters. The summed E-state index contributed by atoms with van der Waals surface area (Å²) in [4.78, 5) is 33.3. The van der Waals surface area contributed by atoms with Crippen LogP contribution >= 0.6 is 0 Å². The third-order valence-corrected chi connectivity index (χ3v) is 4.80. The first-order valence-electron chi connectivity index (χ1n) is 9.30. The van der Waals surface area contributed by atoms with E-state index in [2.05, 4.69) is 39.0 Å². The second-order valence-electron chi connectivity index (χ2n) is 7.34. The maximum absolute atomic E-state index is 12.0. The van der Waals surface area contributed by atoms with E-state index in [1.807, 2.05) is 32.2 Å². The van der Waals surface area contributed by atoms with Crippen molar-refractivity contribution in [3.05, 3.63) is 68.0 Å².